The van der Waals surface area contributed by atoms with Gasteiger partial charge in [-0.1, -0.05) is 109 Å². The van der Waals surface area contributed by atoms with Gasteiger partial charge < -0.3 is 0 Å². The highest BCUT2D eigenvalue weighted by molar-refractivity contribution is 6.09. The van der Waals surface area contributed by atoms with E-state index < -0.39 is 0 Å². The monoisotopic (exact) mass is 344 g/mol. The van der Waals surface area contributed by atoms with Crippen molar-refractivity contribution in [3.05, 3.63) is 109 Å². The van der Waals surface area contributed by atoms with Gasteiger partial charge in [-0.2, -0.15) is 0 Å². The van der Waals surface area contributed by atoms with Crippen molar-refractivity contribution in [2.24, 2.45) is 0 Å². The molecule has 0 aliphatic rings. The summed E-state index contributed by atoms with van der Waals surface area (Å²) in [6.45, 7) is 2.15. The van der Waals surface area contributed by atoms with E-state index in [0.29, 0.717) is 0 Å². The van der Waals surface area contributed by atoms with Crippen molar-refractivity contribution in [2.75, 3.05) is 0 Å². The highest BCUT2D eigenvalue weighted by atomic mass is 14.1. The van der Waals surface area contributed by atoms with E-state index in [9.17, 15) is 0 Å². The molecule has 0 radical (unpaired) electrons. The Kier molecular flexibility index (Phi) is 3.76. The summed E-state index contributed by atoms with van der Waals surface area (Å²) in [7, 11) is 0. The molecule has 5 aromatic rings. The van der Waals surface area contributed by atoms with Crippen molar-refractivity contribution in [3.8, 4) is 22.3 Å². The standard InChI is InChI=1S/C27H20/c1-19-8-6-11-21(18-19)23-16-17-27(26-14-5-4-13-24(23)26)25-15-7-10-20-9-2-3-12-22(20)25/h2-18H,1H3. The average Bonchev–Trinajstić information content (AvgIpc) is 2.72. The second-order valence-corrected chi connectivity index (χ2v) is 7.10. The molecule has 0 aromatic heterocycles. The van der Waals surface area contributed by atoms with Crippen LogP contribution in [0.3, 0.4) is 0 Å². The Labute approximate surface area is 159 Å². The van der Waals surface area contributed by atoms with Gasteiger partial charge in [-0.05, 0) is 50.7 Å². The van der Waals surface area contributed by atoms with Gasteiger partial charge in [-0.3, -0.25) is 0 Å². The van der Waals surface area contributed by atoms with Gasteiger partial charge in [0, 0.05) is 0 Å². The third kappa shape index (κ3) is 2.71. The Hall–Kier alpha value is -3.38. The average molecular weight is 344 g/mol. The van der Waals surface area contributed by atoms with Crippen molar-refractivity contribution in [3.63, 3.8) is 0 Å². The van der Waals surface area contributed by atoms with Crippen molar-refractivity contribution < 1.29 is 0 Å². The number of hydrogen-bond acceptors (Lipinski definition) is 0. The first-order valence-corrected chi connectivity index (χ1v) is 9.38. The SMILES string of the molecule is Cc1cccc(-c2ccc(-c3cccc4ccccc34)c3ccccc23)c1. The second-order valence-electron chi connectivity index (χ2n) is 7.10. The van der Waals surface area contributed by atoms with Gasteiger partial charge in [0.15, 0.2) is 0 Å². The molecule has 128 valence electrons. The Bertz CT molecular complexity index is 1270. The van der Waals surface area contributed by atoms with E-state index in [-0.39, 0.29) is 0 Å². The quantitative estimate of drug-likeness (QED) is 0.309. The van der Waals surface area contributed by atoms with Crippen LogP contribution >= 0.6 is 0 Å². The van der Waals surface area contributed by atoms with Crippen LogP contribution in [0.1, 0.15) is 5.56 Å². The molecule has 0 unspecified atom stereocenters. The lowest BCUT2D eigenvalue weighted by atomic mass is 9.90. The second kappa shape index (κ2) is 6.41. The molecule has 0 bridgehead atoms. The third-order valence-electron chi connectivity index (χ3n) is 5.33. The molecule has 0 heterocycles. The molecule has 0 atom stereocenters. The van der Waals surface area contributed by atoms with E-state index in [1.807, 2.05) is 0 Å². The number of aryl methyl sites for hydroxylation is 1. The lowest BCUT2D eigenvalue weighted by Gasteiger charge is -2.14. The van der Waals surface area contributed by atoms with Gasteiger partial charge in [0.2, 0.25) is 0 Å². The molecule has 0 saturated heterocycles. The minimum atomic E-state index is 1.27. The van der Waals surface area contributed by atoms with E-state index in [1.165, 1.54) is 49.4 Å². The summed E-state index contributed by atoms with van der Waals surface area (Å²) in [5, 5.41) is 5.18. The predicted molar refractivity (Wildman–Crippen MR) is 117 cm³/mol. The fraction of sp³-hybridized carbons (Fsp3) is 0.0370. The highest BCUT2D eigenvalue weighted by Crippen LogP contribution is 2.38. The first-order chi connectivity index (χ1) is 13.3. The molecular formula is C27H20. The summed E-state index contributed by atoms with van der Waals surface area (Å²) in [6.07, 6.45) is 0. The van der Waals surface area contributed by atoms with E-state index in [1.54, 1.807) is 0 Å². The van der Waals surface area contributed by atoms with Crippen LogP contribution < -0.4 is 0 Å². The van der Waals surface area contributed by atoms with Gasteiger partial charge >= 0.3 is 0 Å². The Balaban J connectivity index is 1.82. The smallest absolute Gasteiger partial charge is 0.00987 e. The maximum Gasteiger partial charge on any atom is -0.00987 e. The Morgan fingerprint density at radius 3 is 1.85 bits per heavy atom. The minimum Gasteiger partial charge on any atom is -0.0616 e. The van der Waals surface area contributed by atoms with Crippen LogP contribution in [0.25, 0.3) is 43.8 Å². The molecule has 5 rings (SSSR count). The molecule has 0 aliphatic carbocycles. The van der Waals surface area contributed by atoms with Crippen LogP contribution in [0.15, 0.2) is 103 Å². The van der Waals surface area contributed by atoms with Crippen LogP contribution in [-0.2, 0) is 0 Å². The fourth-order valence-electron chi connectivity index (χ4n) is 4.06. The third-order valence-corrected chi connectivity index (χ3v) is 5.33. The summed E-state index contributed by atoms with van der Waals surface area (Å²) in [5.41, 5.74) is 6.43. The van der Waals surface area contributed by atoms with E-state index in [2.05, 4.69) is 110 Å². The van der Waals surface area contributed by atoms with Gasteiger partial charge in [0.25, 0.3) is 0 Å². The van der Waals surface area contributed by atoms with Gasteiger partial charge in [0.05, 0.1) is 0 Å². The van der Waals surface area contributed by atoms with E-state index in [0.717, 1.165) is 0 Å². The molecular weight excluding hydrogens is 324 g/mol. The van der Waals surface area contributed by atoms with Gasteiger partial charge in [-0.15, -0.1) is 0 Å². The minimum absolute atomic E-state index is 1.27. The fourth-order valence-corrected chi connectivity index (χ4v) is 4.06. The normalized spacial score (nSPS) is 11.1. The number of hydrogen-bond donors (Lipinski definition) is 0. The first-order valence-electron chi connectivity index (χ1n) is 9.38. The summed E-state index contributed by atoms with van der Waals surface area (Å²) in [6, 6.07) is 37.2. The topological polar surface area (TPSA) is 0 Å². The number of fused-ring (bicyclic) bond motifs is 2. The van der Waals surface area contributed by atoms with Crippen LogP contribution in [0.2, 0.25) is 0 Å². The maximum atomic E-state index is 2.28. The summed E-state index contributed by atoms with van der Waals surface area (Å²) >= 11 is 0. The van der Waals surface area contributed by atoms with Crippen LogP contribution in [-0.4, -0.2) is 0 Å². The van der Waals surface area contributed by atoms with Crippen LogP contribution in [0, 0.1) is 6.92 Å². The van der Waals surface area contributed by atoms with Crippen molar-refractivity contribution in [1.29, 1.82) is 0 Å². The Morgan fingerprint density at radius 1 is 0.444 bits per heavy atom. The summed E-state index contributed by atoms with van der Waals surface area (Å²) < 4.78 is 0. The van der Waals surface area contributed by atoms with Gasteiger partial charge in [-0.25, -0.2) is 0 Å². The lowest BCUT2D eigenvalue weighted by molar-refractivity contribution is 1.47. The van der Waals surface area contributed by atoms with Crippen LogP contribution in [0.4, 0.5) is 0 Å². The Morgan fingerprint density at radius 2 is 1.04 bits per heavy atom. The predicted octanol–water partition coefficient (Wildman–Crippen LogP) is 7.64. The zero-order chi connectivity index (χ0) is 18.2. The first kappa shape index (κ1) is 15.8. The molecule has 0 N–H and O–H groups in total. The van der Waals surface area contributed by atoms with Crippen molar-refractivity contribution >= 4 is 21.5 Å². The number of benzene rings is 5. The molecule has 27 heavy (non-hydrogen) atoms. The lowest BCUT2D eigenvalue weighted by Crippen LogP contribution is -1.87. The number of rotatable bonds is 2. The maximum absolute atomic E-state index is 2.28. The van der Waals surface area contributed by atoms with Crippen molar-refractivity contribution in [1.82, 2.24) is 0 Å². The summed E-state index contributed by atoms with van der Waals surface area (Å²) in [5.74, 6) is 0. The molecule has 0 nitrogen and oxygen atoms in total. The molecule has 0 spiro atoms. The molecule has 5 aromatic carbocycles. The zero-order valence-corrected chi connectivity index (χ0v) is 15.3. The molecule has 0 amide bonds. The highest BCUT2D eigenvalue weighted by Gasteiger charge is 2.11. The van der Waals surface area contributed by atoms with E-state index in [4.69, 9.17) is 0 Å². The van der Waals surface area contributed by atoms with E-state index >= 15 is 0 Å². The van der Waals surface area contributed by atoms with Crippen LogP contribution in [0.5, 0.6) is 0 Å². The largest absolute Gasteiger partial charge is 0.0616 e. The summed E-state index contributed by atoms with van der Waals surface area (Å²) in [4.78, 5) is 0. The molecule has 0 fully saturated rings. The molecule has 0 saturated carbocycles. The van der Waals surface area contributed by atoms with Gasteiger partial charge in [0.1, 0.15) is 0 Å². The molecule has 0 heteroatoms. The van der Waals surface area contributed by atoms with Crippen molar-refractivity contribution in [2.45, 2.75) is 6.92 Å². The zero-order valence-electron chi connectivity index (χ0n) is 15.3. The molecule has 0 aliphatic heterocycles.